The van der Waals surface area contributed by atoms with E-state index >= 15 is 0 Å². The molecule has 0 unspecified atom stereocenters. The second-order valence-electron chi connectivity index (χ2n) is 9.78. The van der Waals surface area contributed by atoms with E-state index in [1.54, 1.807) is 18.6 Å². The third-order valence-corrected chi connectivity index (χ3v) is 6.13. The second-order valence-corrected chi connectivity index (χ2v) is 9.78. The number of ether oxygens (including phenoxy) is 1. The van der Waals surface area contributed by atoms with Crippen molar-refractivity contribution < 1.29 is 9.53 Å². The number of hydrogen-bond acceptors (Lipinski definition) is 8. The van der Waals surface area contributed by atoms with E-state index in [1.165, 1.54) is 0 Å². The standard InChI is InChI=1S/C24H29N7O2/c1-23(2,3)33-22(32)31-13-12-30(16-24(31)7-8-24)20-6-9-28-29-21(20)27-15-17-4-5-18-19(14-17)26-11-10-25-18/h4-6,9-11,14H,7-8,12-13,15-16H2,1-3H3,(H,27,29). The first-order valence-corrected chi connectivity index (χ1v) is 11.3. The first-order chi connectivity index (χ1) is 15.8. The summed E-state index contributed by atoms with van der Waals surface area (Å²) in [5.74, 6) is 0.735. The number of fused-ring (bicyclic) bond motifs is 1. The van der Waals surface area contributed by atoms with Gasteiger partial charge in [-0.25, -0.2) is 4.79 Å². The smallest absolute Gasteiger partial charge is 0.410 e. The van der Waals surface area contributed by atoms with Crippen molar-refractivity contribution in [3.8, 4) is 0 Å². The van der Waals surface area contributed by atoms with Crippen molar-refractivity contribution in [1.29, 1.82) is 0 Å². The minimum atomic E-state index is -0.495. The van der Waals surface area contributed by atoms with Crippen molar-refractivity contribution in [2.24, 2.45) is 0 Å². The highest BCUT2D eigenvalue weighted by Gasteiger charge is 2.54. The molecular weight excluding hydrogens is 418 g/mol. The van der Waals surface area contributed by atoms with Gasteiger partial charge in [0.2, 0.25) is 0 Å². The van der Waals surface area contributed by atoms with Gasteiger partial charge in [0.15, 0.2) is 5.82 Å². The molecule has 0 radical (unpaired) electrons. The molecule has 172 valence electrons. The zero-order chi connectivity index (χ0) is 23.1. The van der Waals surface area contributed by atoms with Crippen LogP contribution >= 0.6 is 0 Å². The van der Waals surface area contributed by atoms with E-state index in [1.807, 2.05) is 49.9 Å². The van der Waals surface area contributed by atoms with Gasteiger partial charge in [0, 0.05) is 38.6 Å². The Morgan fingerprint density at radius 3 is 2.64 bits per heavy atom. The Kier molecular flexibility index (Phi) is 5.26. The summed E-state index contributed by atoms with van der Waals surface area (Å²) in [5.41, 5.74) is 3.18. The fourth-order valence-corrected chi connectivity index (χ4v) is 4.37. The number of aromatic nitrogens is 4. The van der Waals surface area contributed by atoms with E-state index in [9.17, 15) is 4.79 Å². The first kappa shape index (κ1) is 21.4. The van der Waals surface area contributed by atoms with E-state index in [0.29, 0.717) is 19.6 Å². The number of rotatable bonds is 4. The molecule has 3 aromatic rings. The maximum absolute atomic E-state index is 12.8. The number of nitrogens with one attached hydrogen (secondary N) is 1. The number of benzene rings is 1. The van der Waals surface area contributed by atoms with Crippen LogP contribution in [0.3, 0.4) is 0 Å². The monoisotopic (exact) mass is 447 g/mol. The van der Waals surface area contributed by atoms with Crippen molar-refractivity contribution >= 4 is 28.6 Å². The highest BCUT2D eigenvalue weighted by molar-refractivity contribution is 5.75. The normalized spacial score (nSPS) is 17.3. The van der Waals surface area contributed by atoms with Gasteiger partial charge in [-0.3, -0.25) is 14.9 Å². The lowest BCUT2D eigenvalue weighted by atomic mass is 10.1. The van der Waals surface area contributed by atoms with Gasteiger partial charge < -0.3 is 15.0 Å². The molecule has 33 heavy (non-hydrogen) atoms. The van der Waals surface area contributed by atoms with Crippen LogP contribution in [0.2, 0.25) is 0 Å². The van der Waals surface area contributed by atoms with Crippen LogP contribution in [0, 0.1) is 0 Å². The first-order valence-electron chi connectivity index (χ1n) is 11.3. The number of amides is 1. The molecule has 1 spiro atoms. The number of hydrogen-bond donors (Lipinski definition) is 1. The molecule has 1 saturated carbocycles. The number of carbonyl (C=O) groups excluding carboxylic acids is 1. The molecule has 2 fully saturated rings. The van der Waals surface area contributed by atoms with Crippen LogP contribution in [0.15, 0.2) is 42.9 Å². The summed E-state index contributed by atoms with van der Waals surface area (Å²) in [6.07, 6.45) is 6.87. The third kappa shape index (κ3) is 4.53. The van der Waals surface area contributed by atoms with Crippen molar-refractivity contribution in [3.63, 3.8) is 0 Å². The van der Waals surface area contributed by atoms with Gasteiger partial charge in [0.25, 0.3) is 0 Å². The average molecular weight is 448 g/mol. The van der Waals surface area contributed by atoms with Gasteiger partial charge in [-0.2, -0.15) is 5.10 Å². The van der Waals surface area contributed by atoms with E-state index < -0.39 is 5.60 Å². The largest absolute Gasteiger partial charge is 0.444 e. The number of anilines is 2. The molecule has 5 rings (SSSR count). The molecule has 1 saturated heterocycles. The Balaban J connectivity index is 1.29. The maximum atomic E-state index is 12.8. The minimum absolute atomic E-state index is 0.155. The van der Waals surface area contributed by atoms with Crippen LogP contribution in [-0.4, -0.2) is 61.9 Å². The Morgan fingerprint density at radius 1 is 1.09 bits per heavy atom. The lowest BCUT2D eigenvalue weighted by molar-refractivity contribution is 0.0107. The van der Waals surface area contributed by atoms with Gasteiger partial charge in [0.1, 0.15) is 5.60 Å². The summed E-state index contributed by atoms with van der Waals surface area (Å²) in [5, 5.41) is 11.9. The summed E-state index contributed by atoms with van der Waals surface area (Å²) in [4.78, 5) is 25.7. The highest BCUT2D eigenvalue weighted by Crippen LogP contribution is 2.46. The topological polar surface area (TPSA) is 96.4 Å². The Bertz CT molecular complexity index is 1170. The van der Waals surface area contributed by atoms with Crippen molar-refractivity contribution in [1.82, 2.24) is 25.1 Å². The molecule has 1 amide bonds. The fraction of sp³-hybridized carbons (Fsp3) is 0.458. The molecule has 1 aliphatic heterocycles. The zero-order valence-corrected chi connectivity index (χ0v) is 19.3. The van der Waals surface area contributed by atoms with Crippen LogP contribution in [0.4, 0.5) is 16.3 Å². The molecule has 9 heteroatoms. The number of nitrogens with zero attached hydrogens (tertiary/aromatic N) is 6. The molecule has 2 aliphatic rings. The number of carbonyl (C=O) groups is 1. The molecule has 0 atom stereocenters. The molecular formula is C24H29N7O2. The Labute approximate surface area is 193 Å². The van der Waals surface area contributed by atoms with Crippen LogP contribution in [-0.2, 0) is 11.3 Å². The van der Waals surface area contributed by atoms with Crippen molar-refractivity contribution in [2.45, 2.75) is 51.3 Å². The average Bonchev–Trinajstić information content (AvgIpc) is 3.55. The Morgan fingerprint density at radius 2 is 1.88 bits per heavy atom. The highest BCUT2D eigenvalue weighted by atomic mass is 16.6. The molecule has 9 nitrogen and oxygen atoms in total. The zero-order valence-electron chi connectivity index (χ0n) is 19.3. The summed E-state index contributed by atoms with van der Waals surface area (Å²) < 4.78 is 5.66. The van der Waals surface area contributed by atoms with Crippen LogP contribution < -0.4 is 10.2 Å². The maximum Gasteiger partial charge on any atom is 0.410 e. The van der Waals surface area contributed by atoms with Crippen LogP contribution in [0.25, 0.3) is 11.0 Å². The minimum Gasteiger partial charge on any atom is -0.444 e. The van der Waals surface area contributed by atoms with Gasteiger partial charge in [-0.15, -0.1) is 5.10 Å². The SMILES string of the molecule is CC(C)(C)OC(=O)N1CCN(c2ccnnc2NCc2ccc3nccnc3c2)CC12CC2. The van der Waals surface area contributed by atoms with E-state index in [-0.39, 0.29) is 11.6 Å². The van der Waals surface area contributed by atoms with E-state index in [0.717, 1.165) is 47.5 Å². The fourth-order valence-electron chi connectivity index (χ4n) is 4.37. The van der Waals surface area contributed by atoms with Gasteiger partial charge in [-0.1, -0.05) is 6.07 Å². The van der Waals surface area contributed by atoms with Crippen molar-refractivity contribution in [3.05, 3.63) is 48.4 Å². The van der Waals surface area contributed by atoms with Crippen LogP contribution in [0.1, 0.15) is 39.2 Å². The summed E-state index contributed by atoms with van der Waals surface area (Å²) >= 11 is 0. The van der Waals surface area contributed by atoms with Crippen molar-refractivity contribution in [2.75, 3.05) is 29.9 Å². The lowest BCUT2D eigenvalue weighted by Crippen LogP contribution is -2.58. The molecule has 1 N–H and O–H groups in total. The molecule has 1 aromatic carbocycles. The van der Waals surface area contributed by atoms with Gasteiger partial charge in [-0.05, 0) is 57.4 Å². The molecule has 2 aromatic heterocycles. The molecule has 3 heterocycles. The summed E-state index contributed by atoms with van der Waals surface area (Å²) in [7, 11) is 0. The van der Waals surface area contributed by atoms with Crippen LogP contribution in [0.5, 0.6) is 0 Å². The predicted octanol–water partition coefficient (Wildman–Crippen LogP) is 3.62. The quantitative estimate of drug-likeness (QED) is 0.648. The third-order valence-electron chi connectivity index (χ3n) is 6.13. The predicted molar refractivity (Wildman–Crippen MR) is 126 cm³/mol. The van der Waals surface area contributed by atoms with E-state index in [2.05, 4.69) is 30.4 Å². The lowest BCUT2D eigenvalue weighted by Gasteiger charge is -2.43. The number of piperazine rings is 1. The second kappa shape index (κ2) is 8.13. The van der Waals surface area contributed by atoms with Gasteiger partial charge in [0.05, 0.1) is 28.5 Å². The summed E-state index contributed by atoms with van der Waals surface area (Å²) in [6, 6.07) is 8.03. The Hall–Kier alpha value is -3.49. The van der Waals surface area contributed by atoms with Gasteiger partial charge >= 0.3 is 6.09 Å². The van der Waals surface area contributed by atoms with E-state index in [4.69, 9.17) is 4.74 Å². The summed E-state index contributed by atoms with van der Waals surface area (Å²) in [6.45, 7) is 8.42. The molecule has 1 aliphatic carbocycles. The molecule has 0 bridgehead atoms.